The lowest BCUT2D eigenvalue weighted by molar-refractivity contribution is 0.0600. The number of halogens is 2. The smallest absolute Gasteiger partial charge is 0.337 e. The molecule has 0 spiro atoms. The van der Waals surface area contributed by atoms with Gasteiger partial charge in [0.15, 0.2) is 0 Å². The quantitative estimate of drug-likeness (QED) is 0.652. The lowest BCUT2D eigenvalue weighted by atomic mass is 10.2. The largest absolute Gasteiger partial charge is 0.465 e. The van der Waals surface area contributed by atoms with Crippen LogP contribution in [0.4, 0.5) is 4.39 Å². The number of rotatable bonds is 4. The molecule has 0 N–H and O–H groups in total. The van der Waals surface area contributed by atoms with E-state index in [-0.39, 0.29) is 12.4 Å². The minimum Gasteiger partial charge on any atom is -0.465 e. The molecule has 0 aliphatic carbocycles. The maximum absolute atomic E-state index is 13.8. The number of esters is 1. The Bertz CT molecular complexity index is 882. The highest BCUT2D eigenvalue weighted by atomic mass is 79.9. The number of aromatic nitrogens is 3. The van der Waals surface area contributed by atoms with Crippen molar-refractivity contribution in [2.45, 2.75) is 6.61 Å². The predicted molar refractivity (Wildman–Crippen MR) is 83.3 cm³/mol. The Labute approximate surface area is 138 Å². The van der Waals surface area contributed by atoms with Crippen molar-refractivity contribution < 1.29 is 18.8 Å². The normalized spacial score (nSPS) is 10.7. The first kappa shape index (κ1) is 15.4. The molecule has 0 bridgehead atoms. The molecule has 0 amide bonds. The van der Waals surface area contributed by atoms with Crippen LogP contribution in [0.2, 0.25) is 0 Å². The van der Waals surface area contributed by atoms with Crippen LogP contribution in [0.3, 0.4) is 0 Å². The van der Waals surface area contributed by atoms with E-state index in [1.54, 1.807) is 30.3 Å². The Balaban J connectivity index is 1.86. The molecule has 6 nitrogen and oxygen atoms in total. The van der Waals surface area contributed by atoms with Crippen molar-refractivity contribution in [2.24, 2.45) is 0 Å². The zero-order chi connectivity index (χ0) is 16.4. The van der Waals surface area contributed by atoms with Gasteiger partial charge in [-0.15, -0.1) is 5.10 Å². The average molecular weight is 380 g/mol. The molecular weight excluding hydrogens is 369 g/mol. The second kappa shape index (κ2) is 6.33. The van der Waals surface area contributed by atoms with E-state index in [4.69, 9.17) is 4.84 Å². The van der Waals surface area contributed by atoms with Crippen molar-refractivity contribution in [2.75, 3.05) is 7.11 Å². The summed E-state index contributed by atoms with van der Waals surface area (Å²) in [7, 11) is 1.30. The molecule has 0 atom stereocenters. The van der Waals surface area contributed by atoms with Gasteiger partial charge < -0.3 is 9.57 Å². The number of hydrogen-bond donors (Lipinski definition) is 0. The molecule has 3 aromatic rings. The van der Waals surface area contributed by atoms with Gasteiger partial charge in [0, 0.05) is 10.0 Å². The molecule has 118 valence electrons. The highest BCUT2D eigenvalue weighted by Crippen LogP contribution is 2.17. The van der Waals surface area contributed by atoms with E-state index in [9.17, 15) is 9.18 Å². The minimum atomic E-state index is -0.474. The van der Waals surface area contributed by atoms with Crippen molar-refractivity contribution in [3.05, 3.63) is 57.8 Å². The molecule has 0 radical (unpaired) electrons. The molecule has 1 heterocycles. The first-order chi connectivity index (χ1) is 11.1. The number of carbonyl (C=O) groups is 1. The van der Waals surface area contributed by atoms with E-state index in [0.29, 0.717) is 26.6 Å². The maximum Gasteiger partial charge on any atom is 0.337 e. The number of nitrogens with zero attached hydrogens (tertiary/aromatic N) is 3. The Morgan fingerprint density at radius 2 is 2.13 bits per heavy atom. The number of methoxy groups -OCH3 is 1. The summed E-state index contributed by atoms with van der Waals surface area (Å²) >= 11 is 3.19. The van der Waals surface area contributed by atoms with Crippen LogP contribution in [0, 0.1) is 5.82 Å². The molecule has 2 aromatic carbocycles. The van der Waals surface area contributed by atoms with Gasteiger partial charge in [0.05, 0.1) is 12.7 Å². The predicted octanol–water partition coefficient (Wildman–Crippen LogP) is 2.75. The third-order valence-electron chi connectivity index (χ3n) is 3.19. The third-order valence-corrected chi connectivity index (χ3v) is 3.69. The molecule has 0 unspecified atom stereocenters. The molecule has 0 saturated heterocycles. The number of benzene rings is 2. The van der Waals surface area contributed by atoms with E-state index in [2.05, 4.69) is 31.0 Å². The fourth-order valence-electron chi connectivity index (χ4n) is 2.01. The van der Waals surface area contributed by atoms with Gasteiger partial charge in [0.25, 0.3) is 0 Å². The Morgan fingerprint density at radius 3 is 2.87 bits per heavy atom. The SMILES string of the molecule is COC(=O)c1ccc2nnn(OCc3ccc(Br)cc3F)c2c1. The zero-order valence-electron chi connectivity index (χ0n) is 12.0. The number of ether oxygens (including phenoxy) is 1. The summed E-state index contributed by atoms with van der Waals surface area (Å²) in [6, 6.07) is 9.46. The van der Waals surface area contributed by atoms with Gasteiger partial charge in [-0.2, -0.15) is 0 Å². The summed E-state index contributed by atoms with van der Waals surface area (Å²) in [6.45, 7) is -0.0278. The Morgan fingerprint density at radius 1 is 1.30 bits per heavy atom. The summed E-state index contributed by atoms with van der Waals surface area (Å²) in [5, 5.41) is 7.77. The van der Waals surface area contributed by atoms with Crippen LogP contribution in [0.5, 0.6) is 0 Å². The van der Waals surface area contributed by atoms with Crippen LogP contribution in [-0.4, -0.2) is 28.2 Å². The van der Waals surface area contributed by atoms with E-state index < -0.39 is 5.97 Å². The molecule has 1 aromatic heterocycles. The lowest BCUT2D eigenvalue weighted by Gasteiger charge is -2.07. The Kier molecular flexibility index (Phi) is 4.24. The van der Waals surface area contributed by atoms with Gasteiger partial charge in [0.2, 0.25) is 0 Å². The highest BCUT2D eigenvalue weighted by molar-refractivity contribution is 9.10. The molecule has 0 saturated carbocycles. The van der Waals surface area contributed by atoms with Gasteiger partial charge >= 0.3 is 5.97 Å². The first-order valence-electron chi connectivity index (χ1n) is 6.59. The van der Waals surface area contributed by atoms with Gasteiger partial charge in [-0.1, -0.05) is 26.8 Å². The second-order valence-corrected chi connectivity index (χ2v) is 5.58. The number of carbonyl (C=O) groups excluding carboxylic acids is 1. The summed E-state index contributed by atoms with van der Waals surface area (Å²) < 4.78 is 19.1. The van der Waals surface area contributed by atoms with Crippen molar-refractivity contribution in [3.8, 4) is 0 Å². The van der Waals surface area contributed by atoms with Gasteiger partial charge in [0.1, 0.15) is 23.5 Å². The average Bonchev–Trinajstić information content (AvgIpc) is 2.95. The second-order valence-electron chi connectivity index (χ2n) is 4.67. The molecule has 0 fully saturated rings. The molecule has 23 heavy (non-hydrogen) atoms. The third kappa shape index (κ3) is 3.16. The van der Waals surface area contributed by atoms with Crippen LogP contribution in [0.1, 0.15) is 15.9 Å². The van der Waals surface area contributed by atoms with Crippen LogP contribution >= 0.6 is 15.9 Å². The summed E-state index contributed by atoms with van der Waals surface area (Å²) in [5.41, 5.74) is 1.77. The van der Waals surface area contributed by atoms with Crippen molar-refractivity contribution >= 4 is 32.9 Å². The molecule has 8 heteroatoms. The number of hydrogen-bond acceptors (Lipinski definition) is 5. The van der Waals surface area contributed by atoms with Crippen LogP contribution in [0.25, 0.3) is 11.0 Å². The van der Waals surface area contributed by atoms with Crippen LogP contribution in [-0.2, 0) is 11.3 Å². The first-order valence-corrected chi connectivity index (χ1v) is 7.39. The molecule has 0 aliphatic rings. The zero-order valence-corrected chi connectivity index (χ0v) is 13.6. The van der Waals surface area contributed by atoms with Crippen molar-refractivity contribution in [1.82, 2.24) is 15.2 Å². The van der Waals surface area contributed by atoms with Gasteiger partial charge in [-0.05, 0) is 35.5 Å². The molecule has 0 aliphatic heterocycles. The summed E-state index contributed by atoms with van der Waals surface area (Å²) in [4.78, 5) is 18.2. The number of fused-ring (bicyclic) bond motifs is 1. The van der Waals surface area contributed by atoms with E-state index in [1.165, 1.54) is 13.2 Å². The fraction of sp³-hybridized carbons (Fsp3) is 0.133. The van der Waals surface area contributed by atoms with Gasteiger partial charge in [-0.3, -0.25) is 0 Å². The molecule has 3 rings (SSSR count). The van der Waals surface area contributed by atoms with Crippen LogP contribution < -0.4 is 4.84 Å². The highest BCUT2D eigenvalue weighted by Gasteiger charge is 2.12. The summed E-state index contributed by atoms with van der Waals surface area (Å²) in [5.74, 6) is -0.863. The van der Waals surface area contributed by atoms with Crippen LogP contribution in [0.15, 0.2) is 40.9 Å². The lowest BCUT2D eigenvalue weighted by Crippen LogP contribution is -2.14. The summed E-state index contributed by atoms with van der Waals surface area (Å²) in [6.07, 6.45) is 0. The van der Waals surface area contributed by atoms with Crippen molar-refractivity contribution in [3.63, 3.8) is 0 Å². The Hall–Kier alpha value is -2.48. The monoisotopic (exact) mass is 379 g/mol. The minimum absolute atomic E-state index is 0.0278. The maximum atomic E-state index is 13.8. The fourth-order valence-corrected chi connectivity index (χ4v) is 2.34. The van der Waals surface area contributed by atoms with E-state index >= 15 is 0 Å². The van der Waals surface area contributed by atoms with E-state index in [0.717, 1.165) is 4.85 Å². The topological polar surface area (TPSA) is 66.2 Å². The molecular formula is C15H11BrFN3O3. The van der Waals surface area contributed by atoms with E-state index in [1.807, 2.05) is 0 Å². The van der Waals surface area contributed by atoms with Crippen molar-refractivity contribution in [1.29, 1.82) is 0 Å². The standard InChI is InChI=1S/C15H11BrFN3O3/c1-22-15(21)9-3-5-13-14(6-9)20(19-18-13)23-8-10-2-4-11(16)7-12(10)17/h2-7H,8H2,1H3. The van der Waals surface area contributed by atoms with Gasteiger partial charge in [-0.25, -0.2) is 9.18 Å².